The molecule has 0 aliphatic heterocycles. The van der Waals surface area contributed by atoms with Crippen LogP contribution in [0.25, 0.3) is 11.0 Å². The molecule has 3 aromatic rings. The number of amides is 3. The molecule has 3 rings (SSSR count). The summed E-state index contributed by atoms with van der Waals surface area (Å²) in [5.74, 6) is 0.242. The molecule has 1 atom stereocenters. The SMILES string of the molecule is CCn1c(NC(=O)C[C@@H](NC(N)=O)c2cccc(C)c2)nc2ccccc21. The summed E-state index contributed by atoms with van der Waals surface area (Å²) in [5, 5.41) is 5.51. The molecule has 0 spiro atoms. The number of primary amides is 1. The Morgan fingerprint density at radius 2 is 1.96 bits per heavy atom. The van der Waals surface area contributed by atoms with Crippen LogP contribution in [0.3, 0.4) is 0 Å². The molecular weight excluding hydrogens is 342 g/mol. The molecule has 0 unspecified atom stereocenters. The first-order valence-electron chi connectivity index (χ1n) is 8.85. The van der Waals surface area contributed by atoms with E-state index in [0.717, 1.165) is 22.2 Å². The summed E-state index contributed by atoms with van der Waals surface area (Å²) in [6.45, 7) is 4.62. The number of aromatic nitrogens is 2. The molecule has 27 heavy (non-hydrogen) atoms. The number of nitrogens with zero attached hydrogens (tertiary/aromatic N) is 2. The molecule has 140 valence electrons. The Morgan fingerprint density at radius 1 is 1.19 bits per heavy atom. The fraction of sp³-hybridized carbons (Fsp3) is 0.250. The van der Waals surface area contributed by atoms with Crippen LogP contribution in [-0.2, 0) is 11.3 Å². The van der Waals surface area contributed by atoms with Crippen molar-refractivity contribution in [1.29, 1.82) is 0 Å². The summed E-state index contributed by atoms with van der Waals surface area (Å²) in [6, 6.07) is 14.2. The number of nitrogens with one attached hydrogen (secondary N) is 2. The average Bonchev–Trinajstić information content (AvgIpc) is 2.97. The maximum Gasteiger partial charge on any atom is 0.312 e. The molecule has 2 aromatic carbocycles. The van der Waals surface area contributed by atoms with Crippen molar-refractivity contribution in [2.24, 2.45) is 5.73 Å². The fourth-order valence-electron chi connectivity index (χ4n) is 3.16. The smallest absolute Gasteiger partial charge is 0.312 e. The number of urea groups is 1. The van der Waals surface area contributed by atoms with Crippen molar-refractivity contribution >= 4 is 28.9 Å². The van der Waals surface area contributed by atoms with Crippen LogP contribution in [0, 0.1) is 6.92 Å². The van der Waals surface area contributed by atoms with Crippen LogP contribution in [0.1, 0.15) is 30.5 Å². The lowest BCUT2D eigenvalue weighted by Gasteiger charge is -2.18. The van der Waals surface area contributed by atoms with E-state index in [1.165, 1.54) is 0 Å². The number of rotatable bonds is 6. The Balaban J connectivity index is 1.81. The van der Waals surface area contributed by atoms with Gasteiger partial charge in [-0.2, -0.15) is 0 Å². The summed E-state index contributed by atoms with van der Waals surface area (Å²) in [7, 11) is 0. The van der Waals surface area contributed by atoms with Crippen molar-refractivity contribution in [2.45, 2.75) is 32.9 Å². The van der Waals surface area contributed by atoms with Crippen LogP contribution < -0.4 is 16.4 Å². The second-order valence-corrected chi connectivity index (χ2v) is 6.40. The Hall–Kier alpha value is -3.35. The monoisotopic (exact) mass is 365 g/mol. The number of benzene rings is 2. The third kappa shape index (κ3) is 4.25. The summed E-state index contributed by atoms with van der Waals surface area (Å²) < 4.78 is 1.94. The first-order chi connectivity index (χ1) is 13.0. The lowest BCUT2D eigenvalue weighted by atomic mass is 10.0. The first kappa shape index (κ1) is 18.4. The van der Waals surface area contributed by atoms with Gasteiger partial charge in [0, 0.05) is 6.54 Å². The number of aryl methyl sites for hydroxylation is 2. The number of carbonyl (C=O) groups is 2. The summed E-state index contributed by atoms with van der Waals surface area (Å²) in [6.07, 6.45) is 0.0549. The van der Waals surface area contributed by atoms with E-state index in [-0.39, 0.29) is 12.3 Å². The highest BCUT2D eigenvalue weighted by molar-refractivity contribution is 5.92. The minimum absolute atomic E-state index is 0.0549. The van der Waals surface area contributed by atoms with E-state index in [4.69, 9.17) is 5.73 Å². The third-order valence-electron chi connectivity index (χ3n) is 4.37. The van der Waals surface area contributed by atoms with Crippen molar-refractivity contribution in [1.82, 2.24) is 14.9 Å². The average molecular weight is 365 g/mol. The predicted molar refractivity (Wildman–Crippen MR) is 105 cm³/mol. The van der Waals surface area contributed by atoms with Gasteiger partial charge in [-0.05, 0) is 31.5 Å². The number of para-hydroxylation sites is 2. The molecule has 0 bridgehead atoms. The molecule has 0 radical (unpaired) electrons. The van der Waals surface area contributed by atoms with E-state index in [2.05, 4.69) is 15.6 Å². The molecular formula is C20H23N5O2. The minimum atomic E-state index is -0.671. The normalized spacial score (nSPS) is 11.9. The van der Waals surface area contributed by atoms with Crippen molar-refractivity contribution in [2.75, 3.05) is 5.32 Å². The van der Waals surface area contributed by atoms with Crippen LogP contribution in [-0.4, -0.2) is 21.5 Å². The molecule has 7 nitrogen and oxygen atoms in total. The van der Waals surface area contributed by atoms with Gasteiger partial charge in [-0.15, -0.1) is 0 Å². The Morgan fingerprint density at radius 3 is 2.67 bits per heavy atom. The zero-order valence-corrected chi connectivity index (χ0v) is 15.4. The van der Waals surface area contributed by atoms with Gasteiger partial charge in [-0.25, -0.2) is 9.78 Å². The fourth-order valence-corrected chi connectivity index (χ4v) is 3.16. The Kier molecular flexibility index (Phi) is 5.40. The van der Waals surface area contributed by atoms with E-state index in [1.54, 1.807) is 0 Å². The van der Waals surface area contributed by atoms with Gasteiger partial charge in [0.15, 0.2) is 0 Å². The number of nitrogens with two attached hydrogens (primary N) is 1. The van der Waals surface area contributed by atoms with Crippen LogP contribution >= 0.6 is 0 Å². The zero-order valence-electron chi connectivity index (χ0n) is 15.4. The quantitative estimate of drug-likeness (QED) is 0.625. The molecule has 0 aliphatic rings. The zero-order chi connectivity index (χ0) is 19.4. The Labute approximate surface area is 157 Å². The highest BCUT2D eigenvalue weighted by atomic mass is 16.2. The topological polar surface area (TPSA) is 102 Å². The first-order valence-corrected chi connectivity index (χ1v) is 8.85. The lowest BCUT2D eigenvalue weighted by molar-refractivity contribution is -0.116. The highest BCUT2D eigenvalue weighted by Crippen LogP contribution is 2.22. The van der Waals surface area contributed by atoms with Crippen LogP contribution in [0.2, 0.25) is 0 Å². The third-order valence-corrected chi connectivity index (χ3v) is 4.37. The second-order valence-electron chi connectivity index (χ2n) is 6.40. The van der Waals surface area contributed by atoms with E-state index < -0.39 is 12.1 Å². The molecule has 0 aliphatic carbocycles. The Bertz CT molecular complexity index is 979. The number of imidazole rings is 1. The number of fused-ring (bicyclic) bond motifs is 1. The summed E-state index contributed by atoms with van der Waals surface area (Å²) in [4.78, 5) is 28.5. The van der Waals surface area contributed by atoms with Crippen LogP contribution in [0.5, 0.6) is 0 Å². The minimum Gasteiger partial charge on any atom is -0.352 e. The van der Waals surface area contributed by atoms with Crippen molar-refractivity contribution < 1.29 is 9.59 Å². The molecule has 0 saturated heterocycles. The second kappa shape index (κ2) is 7.90. The molecule has 1 heterocycles. The highest BCUT2D eigenvalue weighted by Gasteiger charge is 2.19. The maximum absolute atomic E-state index is 12.7. The van der Waals surface area contributed by atoms with Gasteiger partial charge in [0.05, 0.1) is 23.5 Å². The van der Waals surface area contributed by atoms with E-state index >= 15 is 0 Å². The van der Waals surface area contributed by atoms with Crippen molar-refractivity contribution in [3.63, 3.8) is 0 Å². The van der Waals surface area contributed by atoms with Gasteiger partial charge in [0.2, 0.25) is 11.9 Å². The molecule has 0 saturated carbocycles. The predicted octanol–water partition coefficient (Wildman–Crippen LogP) is 3.10. The number of hydrogen-bond donors (Lipinski definition) is 3. The van der Waals surface area contributed by atoms with Gasteiger partial charge >= 0.3 is 6.03 Å². The largest absolute Gasteiger partial charge is 0.352 e. The number of carbonyl (C=O) groups excluding carboxylic acids is 2. The van der Waals surface area contributed by atoms with E-state index in [9.17, 15) is 9.59 Å². The molecule has 0 fully saturated rings. The molecule has 3 amide bonds. The molecule has 4 N–H and O–H groups in total. The standard InChI is InChI=1S/C20H23N5O2/c1-3-25-17-10-5-4-9-15(17)23-20(25)24-18(26)12-16(22-19(21)27)14-8-6-7-13(2)11-14/h4-11,16H,3,12H2,1-2H3,(H3,21,22,27)(H,23,24,26)/t16-/m1/s1. The number of anilines is 1. The lowest BCUT2D eigenvalue weighted by Crippen LogP contribution is -2.35. The van der Waals surface area contributed by atoms with Crippen molar-refractivity contribution in [3.8, 4) is 0 Å². The van der Waals surface area contributed by atoms with Gasteiger partial charge < -0.3 is 15.6 Å². The van der Waals surface area contributed by atoms with E-state index in [0.29, 0.717) is 12.5 Å². The summed E-state index contributed by atoms with van der Waals surface area (Å²) >= 11 is 0. The molecule has 7 heteroatoms. The van der Waals surface area contributed by atoms with Gasteiger partial charge in [-0.3, -0.25) is 10.1 Å². The van der Waals surface area contributed by atoms with E-state index in [1.807, 2.05) is 66.9 Å². The van der Waals surface area contributed by atoms with Crippen LogP contribution in [0.4, 0.5) is 10.7 Å². The maximum atomic E-state index is 12.7. The van der Waals surface area contributed by atoms with Crippen LogP contribution in [0.15, 0.2) is 48.5 Å². The van der Waals surface area contributed by atoms with Gasteiger partial charge in [0.1, 0.15) is 0 Å². The summed E-state index contributed by atoms with van der Waals surface area (Å²) in [5.41, 5.74) is 8.94. The van der Waals surface area contributed by atoms with Gasteiger partial charge in [-0.1, -0.05) is 42.0 Å². The molecule has 1 aromatic heterocycles. The van der Waals surface area contributed by atoms with Gasteiger partial charge in [0.25, 0.3) is 0 Å². The number of hydrogen-bond acceptors (Lipinski definition) is 3. The van der Waals surface area contributed by atoms with Crippen molar-refractivity contribution in [3.05, 3.63) is 59.7 Å².